The van der Waals surface area contributed by atoms with E-state index in [2.05, 4.69) is 22.2 Å². The smallest absolute Gasteiger partial charge is 0.201 e. The Kier molecular flexibility index (Phi) is 5.02. The van der Waals surface area contributed by atoms with Gasteiger partial charge in [-0.3, -0.25) is 0 Å². The van der Waals surface area contributed by atoms with Gasteiger partial charge in [-0.05, 0) is 37.0 Å². The summed E-state index contributed by atoms with van der Waals surface area (Å²) in [5.74, 6) is 1.66. The molecule has 0 fully saturated rings. The Bertz CT molecular complexity index is 520. The van der Waals surface area contributed by atoms with Crippen molar-refractivity contribution in [3.8, 4) is 0 Å². The molecule has 0 bridgehead atoms. The average molecular weight is 284 g/mol. The Morgan fingerprint density at radius 2 is 2.26 bits per heavy atom. The molecule has 0 radical (unpaired) electrons. The van der Waals surface area contributed by atoms with Crippen LogP contribution in [0.3, 0.4) is 0 Å². The minimum atomic E-state index is -0.256. The quantitative estimate of drug-likeness (QED) is 0.749. The highest BCUT2D eigenvalue weighted by atomic mass is 35.5. The highest BCUT2D eigenvalue weighted by Crippen LogP contribution is 2.17. The number of anilines is 1. The molecule has 0 spiro atoms. The van der Waals surface area contributed by atoms with Crippen molar-refractivity contribution in [2.75, 3.05) is 17.7 Å². The van der Waals surface area contributed by atoms with Gasteiger partial charge in [0.05, 0.1) is 11.0 Å². The molecule has 19 heavy (non-hydrogen) atoms. The summed E-state index contributed by atoms with van der Waals surface area (Å²) in [5, 5.41) is 3.28. The second-order valence-corrected chi connectivity index (χ2v) is 5.14. The Morgan fingerprint density at radius 1 is 1.42 bits per heavy atom. The third-order valence-electron chi connectivity index (χ3n) is 3.22. The second kappa shape index (κ2) is 6.75. The van der Waals surface area contributed by atoms with Gasteiger partial charge in [-0.15, -0.1) is 11.6 Å². The van der Waals surface area contributed by atoms with Crippen molar-refractivity contribution >= 4 is 28.6 Å². The molecular weight excluding hydrogens is 265 g/mol. The summed E-state index contributed by atoms with van der Waals surface area (Å²) < 4.78 is 13.1. The number of benzene rings is 1. The number of aromatic amines is 1. The zero-order chi connectivity index (χ0) is 13.7. The van der Waals surface area contributed by atoms with E-state index in [1.165, 1.54) is 12.1 Å². The van der Waals surface area contributed by atoms with E-state index in [1.54, 1.807) is 6.07 Å². The van der Waals surface area contributed by atoms with Gasteiger partial charge >= 0.3 is 0 Å². The number of H-pyrrole nitrogens is 1. The molecule has 1 aromatic carbocycles. The number of aromatic nitrogens is 2. The molecule has 2 rings (SSSR count). The van der Waals surface area contributed by atoms with Gasteiger partial charge in [0.15, 0.2) is 0 Å². The fourth-order valence-electron chi connectivity index (χ4n) is 2.22. The molecule has 1 unspecified atom stereocenters. The number of nitrogens with zero attached hydrogens (tertiary/aromatic N) is 1. The van der Waals surface area contributed by atoms with Gasteiger partial charge in [-0.25, -0.2) is 9.37 Å². The highest BCUT2D eigenvalue weighted by Gasteiger charge is 2.09. The van der Waals surface area contributed by atoms with Gasteiger partial charge in [-0.2, -0.15) is 0 Å². The van der Waals surface area contributed by atoms with Gasteiger partial charge in [-0.1, -0.05) is 13.3 Å². The molecule has 3 nitrogen and oxygen atoms in total. The Morgan fingerprint density at radius 3 is 3.00 bits per heavy atom. The van der Waals surface area contributed by atoms with E-state index in [9.17, 15) is 4.39 Å². The average Bonchev–Trinajstić information content (AvgIpc) is 2.78. The molecule has 5 heteroatoms. The molecule has 0 saturated heterocycles. The number of fused-ring (bicyclic) bond motifs is 1. The maximum Gasteiger partial charge on any atom is 0.201 e. The molecule has 1 atom stereocenters. The van der Waals surface area contributed by atoms with E-state index in [1.807, 2.05) is 0 Å². The van der Waals surface area contributed by atoms with Crippen molar-refractivity contribution in [1.82, 2.24) is 9.97 Å². The van der Waals surface area contributed by atoms with E-state index in [0.29, 0.717) is 23.3 Å². The van der Waals surface area contributed by atoms with Gasteiger partial charge in [0, 0.05) is 12.4 Å². The molecule has 0 aliphatic rings. The fraction of sp³-hybridized carbons (Fsp3) is 0.500. The second-order valence-electron chi connectivity index (χ2n) is 4.76. The lowest BCUT2D eigenvalue weighted by atomic mass is 10.0. The van der Waals surface area contributed by atoms with Crippen LogP contribution >= 0.6 is 11.6 Å². The maximum absolute atomic E-state index is 13.1. The lowest BCUT2D eigenvalue weighted by Gasteiger charge is -2.14. The van der Waals surface area contributed by atoms with Crippen LogP contribution in [0.1, 0.15) is 26.2 Å². The van der Waals surface area contributed by atoms with Crippen molar-refractivity contribution in [1.29, 1.82) is 0 Å². The number of hydrogen-bond acceptors (Lipinski definition) is 2. The highest BCUT2D eigenvalue weighted by molar-refractivity contribution is 6.17. The van der Waals surface area contributed by atoms with Crippen LogP contribution in [0.4, 0.5) is 10.3 Å². The van der Waals surface area contributed by atoms with Crippen LogP contribution in [0.2, 0.25) is 0 Å². The van der Waals surface area contributed by atoms with Crippen molar-refractivity contribution < 1.29 is 4.39 Å². The monoisotopic (exact) mass is 283 g/mol. The van der Waals surface area contributed by atoms with E-state index in [4.69, 9.17) is 11.6 Å². The normalized spacial score (nSPS) is 12.8. The lowest BCUT2D eigenvalue weighted by Crippen LogP contribution is -2.15. The van der Waals surface area contributed by atoms with Crippen LogP contribution in [0, 0.1) is 11.7 Å². The zero-order valence-electron chi connectivity index (χ0n) is 11.0. The van der Waals surface area contributed by atoms with Gasteiger partial charge in [0.1, 0.15) is 5.82 Å². The molecule has 2 aromatic rings. The van der Waals surface area contributed by atoms with E-state index in [-0.39, 0.29) is 5.82 Å². The first-order valence-corrected chi connectivity index (χ1v) is 7.21. The number of rotatable bonds is 7. The minimum Gasteiger partial charge on any atom is -0.356 e. The molecule has 0 amide bonds. The predicted octanol–water partition coefficient (Wildman–Crippen LogP) is 4.16. The third kappa shape index (κ3) is 3.83. The Balaban J connectivity index is 2.00. The van der Waals surface area contributed by atoms with Crippen LogP contribution in [-0.4, -0.2) is 22.4 Å². The Labute approximate surface area is 117 Å². The third-order valence-corrected chi connectivity index (χ3v) is 3.43. The molecule has 0 aliphatic carbocycles. The number of nitrogens with one attached hydrogen (secondary N) is 2. The lowest BCUT2D eigenvalue weighted by molar-refractivity contribution is 0.489. The molecule has 104 valence electrons. The summed E-state index contributed by atoms with van der Waals surface area (Å²) in [6.07, 6.45) is 3.29. The van der Waals surface area contributed by atoms with E-state index < -0.39 is 0 Å². The van der Waals surface area contributed by atoms with E-state index >= 15 is 0 Å². The summed E-state index contributed by atoms with van der Waals surface area (Å²) in [4.78, 5) is 7.46. The van der Waals surface area contributed by atoms with Gasteiger partial charge in [0.2, 0.25) is 5.95 Å². The standard InChI is InChI=1S/C14H19ClFN3/c1-2-3-10(6-7-15)9-17-14-18-12-5-4-11(16)8-13(12)19-14/h4-5,8,10H,2-3,6-7,9H2,1H3,(H2,17,18,19). The minimum absolute atomic E-state index is 0.256. The SMILES string of the molecule is CCCC(CCCl)CNc1nc2ccc(F)cc2[nH]1. The fourth-order valence-corrected chi connectivity index (χ4v) is 2.53. The van der Waals surface area contributed by atoms with Gasteiger partial charge in [0.25, 0.3) is 0 Å². The molecular formula is C14H19ClFN3. The van der Waals surface area contributed by atoms with Crippen molar-refractivity contribution in [2.24, 2.45) is 5.92 Å². The summed E-state index contributed by atoms with van der Waals surface area (Å²) in [6.45, 7) is 3.01. The molecule has 1 aromatic heterocycles. The number of imidazole rings is 1. The van der Waals surface area contributed by atoms with Crippen LogP contribution in [-0.2, 0) is 0 Å². The summed E-state index contributed by atoms with van der Waals surface area (Å²) in [5.41, 5.74) is 1.49. The topological polar surface area (TPSA) is 40.7 Å². The van der Waals surface area contributed by atoms with Crippen LogP contribution in [0.25, 0.3) is 11.0 Å². The number of hydrogen-bond donors (Lipinski definition) is 2. The molecule has 1 heterocycles. The maximum atomic E-state index is 13.1. The molecule has 0 aliphatic heterocycles. The first-order chi connectivity index (χ1) is 9.22. The largest absolute Gasteiger partial charge is 0.356 e. The van der Waals surface area contributed by atoms with Crippen molar-refractivity contribution in [3.05, 3.63) is 24.0 Å². The summed E-state index contributed by atoms with van der Waals surface area (Å²) in [7, 11) is 0. The van der Waals surface area contributed by atoms with Crippen molar-refractivity contribution in [3.63, 3.8) is 0 Å². The molecule has 0 saturated carbocycles. The molecule has 2 N–H and O–H groups in total. The van der Waals surface area contributed by atoms with Crippen LogP contribution < -0.4 is 5.32 Å². The number of alkyl halides is 1. The Hall–Kier alpha value is -1.29. The summed E-state index contributed by atoms with van der Waals surface area (Å²) >= 11 is 5.80. The first-order valence-electron chi connectivity index (χ1n) is 6.68. The first kappa shape index (κ1) is 14.1. The zero-order valence-corrected chi connectivity index (χ0v) is 11.8. The predicted molar refractivity (Wildman–Crippen MR) is 78.3 cm³/mol. The number of halogens is 2. The van der Waals surface area contributed by atoms with Gasteiger partial charge < -0.3 is 10.3 Å². The van der Waals surface area contributed by atoms with Crippen molar-refractivity contribution in [2.45, 2.75) is 26.2 Å². The van der Waals surface area contributed by atoms with Crippen LogP contribution in [0.15, 0.2) is 18.2 Å². The van der Waals surface area contributed by atoms with E-state index in [0.717, 1.165) is 31.3 Å². The van der Waals surface area contributed by atoms with Crippen LogP contribution in [0.5, 0.6) is 0 Å². The summed E-state index contributed by atoms with van der Waals surface area (Å²) in [6, 6.07) is 4.55.